The minimum Gasteiger partial charge on any atom is -0.456 e. The van der Waals surface area contributed by atoms with Crippen molar-refractivity contribution in [2.24, 2.45) is 0 Å². The fourth-order valence-corrected chi connectivity index (χ4v) is 3.93. The summed E-state index contributed by atoms with van der Waals surface area (Å²) >= 11 is 0. The Kier molecular flexibility index (Phi) is 4.26. The summed E-state index contributed by atoms with van der Waals surface area (Å²) in [7, 11) is 0. The number of aryl methyl sites for hydroxylation is 1. The van der Waals surface area contributed by atoms with Gasteiger partial charge in [-0.15, -0.1) is 0 Å². The molecule has 0 bridgehead atoms. The number of benzene rings is 2. The van der Waals surface area contributed by atoms with E-state index in [2.05, 4.69) is 12.1 Å². The van der Waals surface area contributed by atoms with Crippen LogP contribution in [0.3, 0.4) is 0 Å². The molecule has 1 heterocycles. The summed E-state index contributed by atoms with van der Waals surface area (Å²) in [4.78, 5) is 26.3. The Morgan fingerprint density at radius 3 is 2.64 bits per heavy atom. The van der Waals surface area contributed by atoms with Gasteiger partial charge in [-0.1, -0.05) is 42.5 Å². The quantitative estimate of drug-likeness (QED) is 0.806. The largest absolute Gasteiger partial charge is 0.456 e. The van der Waals surface area contributed by atoms with Crippen LogP contribution in [0.25, 0.3) is 0 Å². The van der Waals surface area contributed by atoms with Crippen molar-refractivity contribution in [1.29, 1.82) is 0 Å². The summed E-state index contributed by atoms with van der Waals surface area (Å²) in [5.41, 5.74) is 4.68. The van der Waals surface area contributed by atoms with Crippen LogP contribution in [0, 0.1) is 0 Å². The number of anilines is 1. The van der Waals surface area contributed by atoms with E-state index in [-0.39, 0.29) is 24.4 Å². The lowest BCUT2D eigenvalue weighted by atomic mass is 9.98. The molecule has 0 radical (unpaired) electrons. The second-order valence-electron chi connectivity index (χ2n) is 6.72. The minimum absolute atomic E-state index is 0.148. The Morgan fingerprint density at radius 1 is 1.00 bits per heavy atom. The van der Waals surface area contributed by atoms with Gasteiger partial charge in [0.15, 0.2) is 6.61 Å². The van der Waals surface area contributed by atoms with Gasteiger partial charge < -0.3 is 9.64 Å². The predicted molar refractivity (Wildman–Crippen MR) is 95.6 cm³/mol. The average molecular weight is 335 g/mol. The molecule has 0 saturated heterocycles. The lowest BCUT2D eigenvalue weighted by Crippen LogP contribution is -2.33. The van der Waals surface area contributed by atoms with Crippen LogP contribution in [0.2, 0.25) is 0 Å². The molecule has 25 heavy (non-hydrogen) atoms. The Labute approximate surface area is 147 Å². The number of nitrogens with zero attached hydrogens (tertiary/aromatic N) is 1. The van der Waals surface area contributed by atoms with Crippen molar-refractivity contribution in [3.8, 4) is 0 Å². The van der Waals surface area contributed by atoms with Gasteiger partial charge in [0.25, 0.3) is 5.91 Å². The van der Waals surface area contributed by atoms with Gasteiger partial charge in [-0.05, 0) is 47.9 Å². The molecule has 2 aliphatic rings. The van der Waals surface area contributed by atoms with E-state index in [0.29, 0.717) is 13.0 Å². The maximum atomic E-state index is 12.4. The second-order valence-corrected chi connectivity index (χ2v) is 6.72. The van der Waals surface area contributed by atoms with Gasteiger partial charge in [0.2, 0.25) is 0 Å². The van der Waals surface area contributed by atoms with Crippen molar-refractivity contribution in [2.45, 2.75) is 31.6 Å². The Balaban J connectivity index is 1.32. The molecule has 1 aliphatic carbocycles. The first-order chi connectivity index (χ1) is 12.2. The van der Waals surface area contributed by atoms with E-state index in [1.165, 1.54) is 16.7 Å². The Bertz CT molecular complexity index is 814. The van der Waals surface area contributed by atoms with Crippen molar-refractivity contribution in [2.75, 3.05) is 18.1 Å². The summed E-state index contributed by atoms with van der Waals surface area (Å²) in [6.07, 6.45) is 3.19. The first-order valence-electron chi connectivity index (χ1n) is 8.84. The SMILES string of the molecule is O=C(CC1CCc2ccccc21)OCC(=O)N1CCc2ccccc21. The highest BCUT2D eigenvalue weighted by Gasteiger charge is 2.27. The molecule has 1 amide bonds. The number of ether oxygens (including phenoxy) is 1. The number of rotatable bonds is 4. The highest BCUT2D eigenvalue weighted by molar-refractivity contribution is 5.97. The highest BCUT2D eigenvalue weighted by atomic mass is 16.5. The van der Waals surface area contributed by atoms with E-state index in [1.807, 2.05) is 36.4 Å². The molecule has 0 fully saturated rings. The monoisotopic (exact) mass is 335 g/mol. The molecule has 4 rings (SSSR count). The second kappa shape index (κ2) is 6.71. The summed E-state index contributed by atoms with van der Waals surface area (Å²) in [6.45, 7) is 0.479. The first kappa shape index (κ1) is 15.9. The van der Waals surface area contributed by atoms with Crippen molar-refractivity contribution in [3.63, 3.8) is 0 Å². The molecule has 0 N–H and O–H groups in total. The topological polar surface area (TPSA) is 46.6 Å². The van der Waals surface area contributed by atoms with E-state index >= 15 is 0 Å². The van der Waals surface area contributed by atoms with Crippen LogP contribution in [-0.4, -0.2) is 25.0 Å². The number of hydrogen-bond donors (Lipinski definition) is 0. The van der Waals surface area contributed by atoms with E-state index in [0.717, 1.165) is 24.9 Å². The zero-order valence-corrected chi connectivity index (χ0v) is 14.1. The Morgan fingerprint density at radius 2 is 1.76 bits per heavy atom. The van der Waals surface area contributed by atoms with Crippen molar-refractivity contribution in [3.05, 3.63) is 65.2 Å². The molecule has 1 unspecified atom stereocenters. The molecule has 1 atom stereocenters. The van der Waals surface area contributed by atoms with Crippen LogP contribution in [-0.2, 0) is 27.2 Å². The van der Waals surface area contributed by atoms with Gasteiger partial charge in [0.05, 0.1) is 6.42 Å². The molecule has 2 aromatic carbocycles. The van der Waals surface area contributed by atoms with Crippen LogP contribution in [0.15, 0.2) is 48.5 Å². The van der Waals surface area contributed by atoms with E-state index in [4.69, 9.17) is 4.74 Å². The molecule has 0 spiro atoms. The molecule has 0 saturated carbocycles. The van der Waals surface area contributed by atoms with Gasteiger partial charge in [-0.2, -0.15) is 0 Å². The van der Waals surface area contributed by atoms with Crippen molar-refractivity contribution >= 4 is 17.6 Å². The third-order valence-corrected chi connectivity index (χ3v) is 5.21. The molecule has 4 nitrogen and oxygen atoms in total. The molecule has 0 aromatic heterocycles. The zero-order chi connectivity index (χ0) is 17.2. The summed E-state index contributed by atoms with van der Waals surface area (Å²) in [5.74, 6) is -0.223. The van der Waals surface area contributed by atoms with Crippen molar-refractivity contribution in [1.82, 2.24) is 0 Å². The summed E-state index contributed by atoms with van der Waals surface area (Å²) in [6, 6.07) is 16.1. The molecule has 1 aliphatic heterocycles. The fraction of sp³-hybridized carbons (Fsp3) is 0.333. The van der Waals surface area contributed by atoms with E-state index < -0.39 is 0 Å². The smallest absolute Gasteiger partial charge is 0.306 e. The average Bonchev–Trinajstić information content (AvgIpc) is 3.24. The maximum Gasteiger partial charge on any atom is 0.306 e. The van der Waals surface area contributed by atoms with Gasteiger partial charge in [0.1, 0.15) is 0 Å². The van der Waals surface area contributed by atoms with Crippen LogP contribution < -0.4 is 4.90 Å². The van der Waals surface area contributed by atoms with E-state index in [9.17, 15) is 9.59 Å². The van der Waals surface area contributed by atoms with Gasteiger partial charge in [-0.25, -0.2) is 0 Å². The molecular weight excluding hydrogens is 314 g/mol. The molecule has 2 aromatic rings. The fourth-order valence-electron chi connectivity index (χ4n) is 3.93. The third kappa shape index (κ3) is 3.16. The standard InChI is InChI=1S/C21H21NO3/c23-20(22-12-11-16-6-2-4-8-19(16)22)14-25-21(24)13-17-10-9-15-5-1-3-7-18(15)17/h1-8,17H,9-14H2. The number of fused-ring (bicyclic) bond motifs is 2. The number of esters is 1. The summed E-state index contributed by atoms with van der Waals surface area (Å²) in [5, 5.41) is 0. The number of carbonyl (C=O) groups is 2. The number of amides is 1. The number of para-hydroxylation sites is 1. The van der Waals surface area contributed by atoms with E-state index in [1.54, 1.807) is 4.90 Å². The van der Waals surface area contributed by atoms with Crippen LogP contribution in [0.1, 0.15) is 35.4 Å². The number of hydrogen-bond acceptors (Lipinski definition) is 3. The first-order valence-corrected chi connectivity index (χ1v) is 8.84. The highest BCUT2D eigenvalue weighted by Crippen LogP contribution is 2.35. The normalized spacial score (nSPS) is 17.9. The molecular formula is C21H21NO3. The van der Waals surface area contributed by atoms with Crippen LogP contribution >= 0.6 is 0 Å². The number of carbonyl (C=O) groups excluding carboxylic acids is 2. The molecule has 4 heteroatoms. The third-order valence-electron chi connectivity index (χ3n) is 5.21. The maximum absolute atomic E-state index is 12.4. The lowest BCUT2D eigenvalue weighted by molar-refractivity contribution is -0.148. The lowest BCUT2D eigenvalue weighted by Gasteiger charge is -2.17. The zero-order valence-electron chi connectivity index (χ0n) is 14.1. The predicted octanol–water partition coefficient (Wildman–Crippen LogP) is 3.24. The minimum atomic E-state index is -0.289. The van der Waals surface area contributed by atoms with Crippen LogP contribution in [0.4, 0.5) is 5.69 Å². The van der Waals surface area contributed by atoms with Crippen molar-refractivity contribution < 1.29 is 14.3 Å². The van der Waals surface area contributed by atoms with Gasteiger partial charge >= 0.3 is 5.97 Å². The Hall–Kier alpha value is -2.62. The van der Waals surface area contributed by atoms with Gasteiger partial charge in [0, 0.05) is 12.2 Å². The molecule has 128 valence electrons. The summed E-state index contributed by atoms with van der Waals surface area (Å²) < 4.78 is 5.28. The van der Waals surface area contributed by atoms with Gasteiger partial charge in [-0.3, -0.25) is 9.59 Å². The van der Waals surface area contributed by atoms with Crippen LogP contribution in [0.5, 0.6) is 0 Å².